The minimum atomic E-state index is -3.85. The van der Waals surface area contributed by atoms with Gasteiger partial charge in [0, 0.05) is 6.07 Å². The fraction of sp³-hybridized carbons (Fsp3) is 0.381. The topological polar surface area (TPSA) is 110 Å². The van der Waals surface area contributed by atoms with Crippen molar-refractivity contribution in [3.05, 3.63) is 68.8 Å². The van der Waals surface area contributed by atoms with E-state index in [0.717, 1.165) is 27.3 Å². The second kappa shape index (κ2) is 9.25. The van der Waals surface area contributed by atoms with Gasteiger partial charge in [-0.05, 0) is 49.9 Å². The smallest absolute Gasteiger partial charge is 0.274 e. The summed E-state index contributed by atoms with van der Waals surface area (Å²) in [6.45, 7) is 6.92. The molecular weight excluding hydrogens is 406 g/mol. The minimum Gasteiger partial charge on any atom is -0.348 e. The zero-order valence-corrected chi connectivity index (χ0v) is 18.6. The third-order valence-electron chi connectivity index (χ3n) is 5.11. The Labute approximate surface area is 177 Å². The van der Waals surface area contributed by atoms with E-state index in [9.17, 15) is 23.3 Å². The van der Waals surface area contributed by atoms with Gasteiger partial charge in [0.1, 0.15) is 6.54 Å². The van der Waals surface area contributed by atoms with Crippen LogP contribution in [0.5, 0.6) is 0 Å². The molecule has 2 aromatic carbocycles. The number of hydrogen-bond donors (Lipinski definition) is 1. The molecule has 1 N–H and O–H groups in total. The van der Waals surface area contributed by atoms with E-state index < -0.39 is 27.4 Å². The van der Waals surface area contributed by atoms with Gasteiger partial charge in [0.15, 0.2) is 0 Å². The number of amides is 1. The highest BCUT2D eigenvalue weighted by Gasteiger charge is 2.26. The largest absolute Gasteiger partial charge is 0.348 e. The summed E-state index contributed by atoms with van der Waals surface area (Å²) in [7, 11) is -3.85. The second-order valence-electron chi connectivity index (χ2n) is 7.32. The van der Waals surface area contributed by atoms with Crippen LogP contribution in [0.25, 0.3) is 0 Å². The van der Waals surface area contributed by atoms with Gasteiger partial charge < -0.3 is 5.32 Å². The van der Waals surface area contributed by atoms with Crippen molar-refractivity contribution in [3.63, 3.8) is 0 Å². The van der Waals surface area contributed by atoms with E-state index in [4.69, 9.17) is 0 Å². The molecule has 8 nitrogen and oxygen atoms in total. The van der Waals surface area contributed by atoms with Crippen molar-refractivity contribution in [1.82, 2.24) is 5.32 Å². The maximum absolute atomic E-state index is 12.7. The summed E-state index contributed by atoms with van der Waals surface area (Å²) in [6.07, 6.45) is 1.60. The van der Waals surface area contributed by atoms with Crippen molar-refractivity contribution in [2.75, 3.05) is 17.1 Å². The molecule has 2 rings (SSSR count). The van der Waals surface area contributed by atoms with E-state index in [-0.39, 0.29) is 23.0 Å². The first-order valence-electron chi connectivity index (χ1n) is 9.54. The van der Waals surface area contributed by atoms with Crippen LogP contribution < -0.4 is 9.62 Å². The van der Waals surface area contributed by atoms with Gasteiger partial charge in [-0.25, -0.2) is 8.42 Å². The van der Waals surface area contributed by atoms with E-state index >= 15 is 0 Å². The molecular formula is C21H27N3O5S. The molecule has 1 amide bonds. The van der Waals surface area contributed by atoms with Gasteiger partial charge in [-0.15, -0.1) is 0 Å². The number of hydrogen-bond acceptors (Lipinski definition) is 5. The van der Waals surface area contributed by atoms with Gasteiger partial charge in [0.2, 0.25) is 15.9 Å². The number of nitro benzene ring substituents is 1. The number of rotatable bonds is 8. The quantitative estimate of drug-likeness (QED) is 0.506. The van der Waals surface area contributed by atoms with E-state index in [1.54, 1.807) is 0 Å². The SMILES string of the molecule is CCC(NC(=O)CN(c1cccc([N+](=O)[O-])c1C)S(C)(=O)=O)c1ccc(C)c(C)c1. The average molecular weight is 434 g/mol. The summed E-state index contributed by atoms with van der Waals surface area (Å²) >= 11 is 0. The molecule has 0 aliphatic rings. The number of aryl methyl sites for hydroxylation is 2. The molecule has 1 unspecified atom stereocenters. The van der Waals surface area contributed by atoms with Gasteiger partial charge in [0.25, 0.3) is 5.69 Å². The first kappa shape index (κ1) is 23.3. The predicted octanol–water partition coefficient (Wildman–Crippen LogP) is 3.55. The fourth-order valence-corrected chi connectivity index (χ4v) is 4.14. The number of nitrogens with one attached hydrogen (secondary N) is 1. The molecule has 162 valence electrons. The van der Waals surface area contributed by atoms with Crippen LogP contribution in [0.2, 0.25) is 0 Å². The molecule has 0 saturated heterocycles. The Hall–Kier alpha value is -2.94. The van der Waals surface area contributed by atoms with Crippen LogP contribution in [0.1, 0.15) is 41.6 Å². The molecule has 0 aliphatic heterocycles. The van der Waals surface area contributed by atoms with Gasteiger partial charge in [-0.3, -0.25) is 19.2 Å². The van der Waals surface area contributed by atoms with Crippen LogP contribution in [-0.2, 0) is 14.8 Å². The molecule has 0 aromatic heterocycles. The molecule has 30 heavy (non-hydrogen) atoms. The van der Waals surface area contributed by atoms with Crippen molar-refractivity contribution >= 4 is 27.3 Å². The number of carbonyl (C=O) groups excluding carboxylic acids is 1. The standard InChI is InChI=1S/C21H27N3O5S/c1-6-18(17-11-10-14(2)15(3)12-17)22-21(25)13-23(30(5,28)29)19-8-7-9-20(16(19)4)24(26)27/h7-12,18H,6,13H2,1-5H3,(H,22,25). The van der Waals surface area contributed by atoms with Gasteiger partial charge in [-0.1, -0.05) is 31.2 Å². The Morgan fingerprint density at radius 2 is 1.83 bits per heavy atom. The molecule has 0 bridgehead atoms. The van der Waals surface area contributed by atoms with Crippen LogP contribution in [0.15, 0.2) is 36.4 Å². The van der Waals surface area contributed by atoms with Crippen LogP contribution in [0.4, 0.5) is 11.4 Å². The highest BCUT2D eigenvalue weighted by Crippen LogP contribution is 2.29. The number of sulfonamides is 1. The normalized spacial score (nSPS) is 12.3. The summed E-state index contributed by atoms with van der Waals surface area (Å²) in [5.41, 5.74) is 3.27. The molecule has 0 fully saturated rings. The van der Waals surface area contributed by atoms with Crippen molar-refractivity contribution < 1.29 is 18.1 Å². The molecule has 1 atom stereocenters. The highest BCUT2D eigenvalue weighted by atomic mass is 32.2. The van der Waals surface area contributed by atoms with E-state index in [2.05, 4.69) is 5.32 Å². The maximum Gasteiger partial charge on any atom is 0.274 e. The lowest BCUT2D eigenvalue weighted by molar-refractivity contribution is -0.385. The maximum atomic E-state index is 12.7. The minimum absolute atomic E-state index is 0.112. The zero-order valence-electron chi connectivity index (χ0n) is 17.8. The number of anilines is 1. The molecule has 9 heteroatoms. The lowest BCUT2D eigenvalue weighted by Gasteiger charge is -2.25. The average Bonchev–Trinajstić information content (AvgIpc) is 2.66. The van der Waals surface area contributed by atoms with Crippen molar-refractivity contribution in [1.29, 1.82) is 0 Å². The molecule has 0 heterocycles. The number of nitrogens with zero attached hydrogens (tertiary/aromatic N) is 2. The zero-order chi connectivity index (χ0) is 22.6. The summed E-state index contributed by atoms with van der Waals surface area (Å²) in [6, 6.07) is 9.81. The lowest BCUT2D eigenvalue weighted by atomic mass is 9.99. The summed E-state index contributed by atoms with van der Waals surface area (Å²) in [5, 5.41) is 14.1. The van der Waals surface area contributed by atoms with Gasteiger partial charge in [0.05, 0.1) is 28.5 Å². The molecule has 0 spiro atoms. The Morgan fingerprint density at radius 1 is 1.17 bits per heavy atom. The van der Waals surface area contributed by atoms with Crippen LogP contribution >= 0.6 is 0 Å². The summed E-state index contributed by atoms with van der Waals surface area (Å²) < 4.78 is 25.7. The molecule has 0 radical (unpaired) electrons. The Morgan fingerprint density at radius 3 is 2.37 bits per heavy atom. The Balaban J connectivity index is 2.31. The van der Waals surface area contributed by atoms with E-state index in [1.807, 2.05) is 39.0 Å². The number of carbonyl (C=O) groups is 1. The monoisotopic (exact) mass is 433 g/mol. The second-order valence-corrected chi connectivity index (χ2v) is 9.23. The van der Waals surface area contributed by atoms with Crippen molar-refractivity contribution in [3.8, 4) is 0 Å². The third kappa shape index (κ3) is 5.35. The van der Waals surface area contributed by atoms with Crippen LogP contribution in [-0.4, -0.2) is 32.0 Å². The lowest BCUT2D eigenvalue weighted by Crippen LogP contribution is -2.41. The fourth-order valence-electron chi connectivity index (χ4n) is 3.23. The van der Waals surface area contributed by atoms with Crippen LogP contribution in [0, 0.1) is 30.9 Å². The summed E-state index contributed by atoms with van der Waals surface area (Å²) in [4.78, 5) is 23.4. The Bertz CT molecular complexity index is 1070. The Kier molecular flexibility index (Phi) is 7.20. The third-order valence-corrected chi connectivity index (χ3v) is 6.23. The first-order valence-corrected chi connectivity index (χ1v) is 11.4. The van der Waals surface area contributed by atoms with Crippen molar-refractivity contribution in [2.24, 2.45) is 0 Å². The predicted molar refractivity (Wildman–Crippen MR) is 117 cm³/mol. The molecule has 0 saturated carbocycles. The first-order chi connectivity index (χ1) is 14.0. The molecule has 2 aromatic rings. The van der Waals surface area contributed by atoms with Gasteiger partial charge >= 0.3 is 0 Å². The van der Waals surface area contributed by atoms with Crippen molar-refractivity contribution in [2.45, 2.75) is 40.2 Å². The van der Waals surface area contributed by atoms with Crippen LogP contribution in [0.3, 0.4) is 0 Å². The van der Waals surface area contributed by atoms with E-state index in [0.29, 0.717) is 6.42 Å². The number of benzene rings is 2. The highest BCUT2D eigenvalue weighted by molar-refractivity contribution is 7.92. The van der Waals surface area contributed by atoms with E-state index in [1.165, 1.54) is 25.1 Å². The van der Waals surface area contributed by atoms with Gasteiger partial charge in [-0.2, -0.15) is 0 Å². The molecule has 0 aliphatic carbocycles. The summed E-state index contributed by atoms with van der Waals surface area (Å²) in [5.74, 6) is -0.489. The number of nitro groups is 1.